The molecule has 3 heteroatoms. The Bertz CT molecular complexity index is 251. The molecule has 0 unspecified atom stereocenters. The molecular weight excluding hydrogens is 216 g/mol. The van der Waals surface area contributed by atoms with Gasteiger partial charge in [-0.25, -0.2) is 9.97 Å². The average Bonchev–Trinajstić information content (AvgIpc) is 1.81. The summed E-state index contributed by atoms with van der Waals surface area (Å²) >= 11 is 3.35. The number of aryl methyl sites for hydroxylation is 1. The van der Waals surface area contributed by atoms with Gasteiger partial charge in [-0.15, -0.1) is 0 Å². The van der Waals surface area contributed by atoms with Crippen molar-refractivity contribution in [2.75, 3.05) is 0 Å². The second-order valence-electron chi connectivity index (χ2n) is 3.35. The molecule has 0 amide bonds. The van der Waals surface area contributed by atoms with Crippen molar-refractivity contribution in [3.8, 4) is 0 Å². The van der Waals surface area contributed by atoms with Gasteiger partial charge >= 0.3 is 0 Å². The molecule has 0 aliphatic rings. The molecule has 1 aromatic heterocycles. The summed E-state index contributed by atoms with van der Waals surface area (Å²) in [5.41, 5.74) is 1.02. The molecular formula is C9H13BrN2. The summed E-state index contributed by atoms with van der Waals surface area (Å²) in [6.45, 7) is 6.31. The highest BCUT2D eigenvalue weighted by atomic mass is 79.9. The van der Waals surface area contributed by atoms with Gasteiger partial charge in [0.2, 0.25) is 0 Å². The van der Waals surface area contributed by atoms with Crippen molar-refractivity contribution >= 4 is 15.9 Å². The van der Waals surface area contributed by atoms with Crippen LogP contribution in [0.3, 0.4) is 0 Å². The first-order valence-corrected chi connectivity index (χ1v) is 4.87. The van der Waals surface area contributed by atoms with Crippen molar-refractivity contribution in [2.24, 2.45) is 5.92 Å². The SMILES string of the molecule is Cc1cc(Br)nc(CC(C)C)n1. The third-order valence-corrected chi connectivity index (χ3v) is 1.87. The number of hydrogen-bond acceptors (Lipinski definition) is 2. The molecule has 0 atom stereocenters. The molecule has 0 saturated carbocycles. The van der Waals surface area contributed by atoms with Gasteiger partial charge in [-0.1, -0.05) is 13.8 Å². The lowest BCUT2D eigenvalue weighted by Gasteiger charge is -2.04. The summed E-state index contributed by atoms with van der Waals surface area (Å²) in [4.78, 5) is 8.61. The normalized spacial score (nSPS) is 10.8. The van der Waals surface area contributed by atoms with Crippen LogP contribution >= 0.6 is 15.9 Å². The first-order chi connectivity index (χ1) is 5.58. The molecule has 0 fully saturated rings. The van der Waals surface area contributed by atoms with Crippen LogP contribution < -0.4 is 0 Å². The Morgan fingerprint density at radius 2 is 2.08 bits per heavy atom. The van der Waals surface area contributed by atoms with Crippen molar-refractivity contribution in [3.63, 3.8) is 0 Å². The van der Waals surface area contributed by atoms with E-state index in [4.69, 9.17) is 0 Å². The summed E-state index contributed by atoms with van der Waals surface area (Å²) in [5.74, 6) is 1.54. The molecule has 0 spiro atoms. The van der Waals surface area contributed by atoms with E-state index >= 15 is 0 Å². The second kappa shape index (κ2) is 3.99. The van der Waals surface area contributed by atoms with Crippen LogP contribution in [0.2, 0.25) is 0 Å². The number of halogens is 1. The minimum absolute atomic E-state index is 0.610. The molecule has 1 heterocycles. The molecule has 0 saturated heterocycles. The molecule has 0 bridgehead atoms. The van der Waals surface area contributed by atoms with E-state index in [1.54, 1.807) is 0 Å². The van der Waals surface area contributed by atoms with E-state index in [0.717, 1.165) is 22.5 Å². The Labute approximate surface area is 81.6 Å². The minimum atomic E-state index is 0.610. The zero-order chi connectivity index (χ0) is 9.14. The van der Waals surface area contributed by atoms with E-state index in [1.165, 1.54) is 0 Å². The van der Waals surface area contributed by atoms with Gasteiger partial charge in [0.1, 0.15) is 10.4 Å². The van der Waals surface area contributed by atoms with Crippen LogP contribution in [-0.2, 0) is 6.42 Å². The predicted molar refractivity (Wildman–Crippen MR) is 53.0 cm³/mol. The molecule has 0 aromatic carbocycles. The van der Waals surface area contributed by atoms with E-state index in [1.807, 2.05) is 13.0 Å². The first-order valence-electron chi connectivity index (χ1n) is 4.08. The van der Waals surface area contributed by atoms with Crippen LogP contribution in [0.4, 0.5) is 0 Å². The molecule has 0 radical (unpaired) electrons. The van der Waals surface area contributed by atoms with Crippen molar-refractivity contribution in [1.82, 2.24) is 9.97 Å². The van der Waals surface area contributed by atoms with Crippen LogP contribution in [0.5, 0.6) is 0 Å². The lowest BCUT2D eigenvalue weighted by Crippen LogP contribution is -2.01. The van der Waals surface area contributed by atoms with Gasteiger partial charge in [-0.05, 0) is 34.8 Å². The topological polar surface area (TPSA) is 25.8 Å². The van der Waals surface area contributed by atoms with Gasteiger partial charge in [-0.2, -0.15) is 0 Å². The van der Waals surface area contributed by atoms with Crippen molar-refractivity contribution in [3.05, 3.63) is 22.2 Å². The van der Waals surface area contributed by atoms with E-state index in [9.17, 15) is 0 Å². The van der Waals surface area contributed by atoms with Crippen molar-refractivity contribution in [1.29, 1.82) is 0 Å². The average molecular weight is 229 g/mol. The lowest BCUT2D eigenvalue weighted by molar-refractivity contribution is 0.617. The van der Waals surface area contributed by atoms with E-state index in [0.29, 0.717) is 5.92 Å². The third kappa shape index (κ3) is 2.89. The lowest BCUT2D eigenvalue weighted by atomic mass is 10.1. The Morgan fingerprint density at radius 3 is 2.58 bits per heavy atom. The highest BCUT2D eigenvalue weighted by Crippen LogP contribution is 2.10. The summed E-state index contributed by atoms with van der Waals surface area (Å²) in [6, 6.07) is 1.92. The number of aromatic nitrogens is 2. The van der Waals surface area contributed by atoms with E-state index in [-0.39, 0.29) is 0 Å². The van der Waals surface area contributed by atoms with Crippen LogP contribution in [0.25, 0.3) is 0 Å². The Kier molecular flexibility index (Phi) is 3.20. The minimum Gasteiger partial charge on any atom is -0.238 e. The van der Waals surface area contributed by atoms with Gasteiger partial charge in [0.25, 0.3) is 0 Å². The molecule has 66 valence electrons. The fraction of sp³-hybridized carbons (Fsp3) is 0.556. The van der Waals surface area contributed by atoms with Gasteiger partial charge in [0, 0.05) is 12.1 Å². The number of hydrogen-bond donors (Lipinski definition) is 0. The zero-order valence-electron chi connectivity index (χ0n) is 7.63. The summed E-state index contributed by atoms with van der Waals surface area (Å²) in [6.07, 6.45) is 0.945. The summed E-state index contributed by atoms with van der Waals surface area (Å²) < 4.78 is 0.880. The maximum atomic E-state index is 4.33. The largest absolute Gasteiger partial charge is 0.238 e. The fourth-order valence-electron chi connectivity index (χ4n) is 1.05. The van der Waals surface area contributed by atoms with Gasteiger partial charge in [0.05, 0.1) is 0 Å². The first kappa shape index (κ1) is 9.65. The molecule has 12 heavy (non-hydrogen) atoms. The molecule has 0 N–H and O–H groups in total. The maximum absolute atomic E-state index is 4.33. The highest BCUT2D eigenvalue weighted by molar-refractivity contribution is 9.10. The molecule has 2 nitrogen and oxygen atoms in total. The van der Waals surface area contributed by atoms with Crippen LogP contribution in [0.1, 0.15) is 25.4 Å². The molecule has 0 aliphatic carbocycles. The number of rotatable bonds is 2. The van der Waals surface area contributed by atoms with Crippen LogP contribution in [0, 0.1) is 12.8 Å². The smallest absolute Gasteiger partial charge is 0.130 e. The zero-order valence-corrected chi connectivity index (χ0v) is 9.22. The highest BCUT2D eigenvalue weighted by Gasteiger charge is 2.02. The quantitative estimate of drug-likeness (QED) is 0.728. The van der Waals surface area contributed by atoms with Gasteiger partial charge in [-0.3, -0.25) is 0 Å². The standard InChI is InChI=1S/C9H13BrN2/c1-6(2)4-9-11-7(3)5-8(10)12-9/h5-6H,4H2,1-3H3. The van der Waals surface area contributed by atoms with Crippen LogP contribution in [-0.4, -0.2) is 9.97 Å². The van der Waals surface area contributed by atoms with Gasteiger partial charge < -0.3 is 0 Å². The third-order valence-electron chi connectivity index (χ3n) is 1.46. The number of nitrogens with zero attached hydrogens (tertiary/aromatic N) is 2. The fourth-order valence-corrected chi connectivity index (χ4v) is 1.58. The van der Waals surface area contributed by atoms with E-state index < -0.39 is 0 Å². The van der Waals surface area contributed by atoms with E-state index in [2.05, 4.69) is 39.7 Å². The predicted octanol–water partition coefficient (Wildman–Crippen LogP) is 2.75. The second-order valence-corrected chi connectivity index (χ2v) is 4.16. The van der Waals surface area contributed by atoms with Crippen molar-refractivity contribution < 1.29 is 0 Å². The van der Waals surface area contributed by atoms with Crippen LogP contribution in [0.15, 0.2) is 10.7 Å². The molecule has 0 aliphatic heterocycles. The Balaban J connectivity index is 2.85. The summed E-state index contributed by atoms with van der Waals surface area (Å²) in [5, 5.41) is 0. The Morgan fingerprint density at radius 1 is 1.42 bits per heavy atom. The summed E-state index contributed by atoms with van der Waals surface area (Å²) in [7, 11) is 0. The Hall–Kier alpha value is -0.440. The maximum Gasteiger partial charge on any atom is 0.130 e. The van der Waals surface area contributed by atoms with Gasteiger partial charge in [0.15, 0.2) is 0 Å². The molecule has 1 aromatic rings. The van der Waals surface area contributed by atoms with Crippen molar-refractivity contribution in [2.45, 2.75) is 27.2 Å². The molecule has 1 rings (SSSR count). The monoisotopic (exact) mass is 228 g/mol.